The molecule has 1 fully saturated rings. The van der Waals surface area contributed by atoms with Crippen LogP contribution in [0.15, 0.2) is 24.3 Å². The third kappa shape index (κ3) is 2.45. The molecule has 1 aliphatic rings. The predicted molar refractivity (Wildman–Crippen MR) is 64.4 cm³/mol. The minimum Gasteiger partial charge on any atom is -0.387 e. The third-order valence-electron chi connectivity index (χ3n) is 3.49. The Kier molecular flexibility index (Phi) is 3.31. The molecule has 0 aromatic heterocycles. The molecule has 0 saturated heterocycles. The number of hydrogen-bond acceptors (Lipinski definition) is 2. The summed E-state index contributed by atoms with van der Waals surface area (Å²) in [7, 11) is 1.66. The standard InChI is InChI=1S/C14H20O2/c1-11-5-3-4-6-12(11)9-14(15,10-16-2)13-7-8-13/h3-6,13,15H,7-10H2,1-2H3. The molecule has 1 saturated carbocycles. The van der Waals surface area contributed by atoms with Crippen LogP contribution in [0, 0.1) is 12.8 Å². The van der Waals surface area contributed by atoms with Gasteiger partial charge in [-0.2, -0.15) is 0 Å². The molecular weight excluding hydrogens is 200 g/mol. The maximum absolute atomic E-state index is 10.6. The first-order valence-corrected chi connectivity index (χ1v) is 5.91. The maximum atomic E-state index is 10.6. The molecule has 16 heavy (non-hydrogen) atoms. The fourth-order valence-electron chi connectivity index (χ4n) is 2.32. The van der Waals surface area contributed by atoms with Crippen molar-refractivity contribution in [2.75, 3.05) is 13.7 Å². The summed E-state index contributed by atoms with van der Waals surface area (Å²) in [5.74, 6) is 0.423. The zero-order chi connectivity index (χ0) is 11.6. The molecule has 0 spiro atoms. The summed E-state index contributed by atoms with van der Waals surface area (Å²) in [4.78, 5) is 0. The highest BCUT2D eigenvalue weighted by Gasteiger charge is 2.43. The fourth-order valence-corrected chi connectivity index (χ4v) is 2.32. The van der Waals surface area contributed by atoms with Crippen molar-refractivity contribution >= 4 is 0 Å². The third-order valence-corrected chi connectivity index (χ3v) is 3.49. The van der Waals surface area contributed by atoms with Gasteiger partial charge in [0.1, 0.15) is 0 Å². The average molecular weight is 220 g/mol. The largest absolute Gasteiger partial charge is 0.387 e. The quantitative estimate of drug-likeness (QED) is 0.825. The summed E-state index contributed by atoms with van der Waals surface area (Å²) in [5, 5.41) is 10.6. The van der Waals surface area contributed by atoms with Crippen molar-refractivity contribution in [3.63, 3.8) is 0 Å². The Morgan fingerprint density at radius 2 is 2.06 bits per heavy atom. The molecule has 0 radical (unpaired) electrons. The lowest BCUT2D eigenvalue weighted by molar-refractivity contribution is -0.0475. The zero-order valence-electron chi connectivity index (χ0n) is 10.1. The highest BCUT2D eigenvalue weighted by Crippen LogP contribution is 2.41. The molecule has 1 aromatic rings. The first-order valence-electron chi connectivity index (χ1n) is 5.91. The Bertz CT molecular complexity index is 358. The summed E-state index contributed by atoms with van der Waals surface area (Å²) in [5.41, 5.74) is 1.81. The Morgan fingerprint density at radius 1 is 1.38 bits per heavy atom. The monoisotopic (exact) mass is 220 g/mol. The highest BCUT2D eigenvalue weighted by atomic mass is 16.5. The Hall–Kier alpha value is -0.860. The van der Waals surface area contributed by atoms with E-state index in [1.54, 1.807) is 7.11 Å². The first-order chi connectivity index (χ1) is 7.65. The van der Waals surface area contributed by atoms with E-state index >= 15 is 0 Å². The van der Waals surface area contributed by atoms with E-state index in [1.165, 1.54) is 11.1 Å². The van der Waals surface area contributed by atoms with Gasteiger partial charge in [-0.25, -0.2) is 0 Å². The van der Waals surface area contributed by atoms with Crippen molar-refractivity contribution < 1.29 is 9.84 Å². The van der Waals surface area contributed by atoms with Gasteiger partial charge in [0, 0.05) is 13.5 Å². The van der Waals surface area contributed by atoms with Crippen LogP contribution in [0.4, 0.5) is 0 Å². The summed E-state index contributed by atoms with van der Waals surface area (Å²) in [6, 6.07) is 8.25. The Balaban J connectivity index is 2.14. The number of benzene rings is 1. The molecule has 2 heteroatoms. The lowest BCUT2D eigenvalue weighted by atomic mass is 9.88. The second-order valence-corrected chi connectivity index (χ2v) is 4.91. The second-order valence-electron chi connectivity index (χ2n) is 4.91. The first kappa shape index (κ1) is 11.6. The van der Waals surface area contributed by atoms with Crippen molar-refractivity contribution in [3.8, 4) is 0 Å². The van der Waals surface area contributed by atoms with Crippen molar-refractivity contribution in [2.24, 2.45) is 5.92 Å². The summed E-state index contributed by atoms with van der Waals surface area (Å²) in [6.45, 7) is 2.53. The lowest BCUT2D eigenvalue weighted by Crippen LogP contribution is -2.39. The predicted octanol–water partition coefficient (Wildman–Crippen LogP) is 2.33. The van der Waals surface area contributed by atoms with Gasteiger partial charge in [0.2, 0.25) is 0 Å². The molecule has 88 valence electrons. The highest BCUT2D eigenvalue weighted by molar-refractivity contribution is 5.27. The molecule has 0 amide bonds. The van der Waals surface area contributed by atoms with E-state index in [2.05, 4.69) is 19.1 Å². The molecule has 1 aromatic carbocycles. The number of hydrogen-bond donors (Lipinski definition) is 1. The van der Waals surface area contributed by atoms with Crippen molar-refractivity contribution in [3.05, 3.63) is 35.4 Å². The van der Waals surface area contributed by atoms with Gasteiger partial charge >= 0.3 is 0 Å². The fraction of sp³-hybridized carbons (Fsp3) is 0.571. The number of aryl methyl sites for hydroxylation is 1. The van der Waals surface area contributed by atoms with Crippen molar-refractivity contribution in [1.29, 1.82) is 0 Å². The topological polar surface area (TPSA) is 29.5 Å². The van der Waals surface area contributed by atoms with Gasteiger partial charge in [-0.3, -0.25) is 0 Å². The maximum Gasteiger partial charge on any atom is 0.0948 e. The van der Waals surface area contributed by atoms with Gasteiger partial charge < -0.3 is 9.84 Å². The molecular formula is C14H20O2. The molecule has 2 rings (SSSR count). The second kappa shape index (κ2) is 4.56. The molecule has 0 bridgehead atoms. The van der Waals surface area contributed by atoms with Crippen LogP contribution in [-0.4, -0.2) is 24.4 Å². The van der Waals surface area contributed by atoms with E-state index in [1.807, 2.05) is 12.1 Å². The van der Waals surface area contributed by atoms with Gasteiger partial charge in [0.05, 0.1) is 12.2 Å². The van der Waals surface area contributed by atoms with Crippen LogP contribution in [0.5, 0.6) is 0 Å². The summed E-state index contributed by atoms with van der Waals surface area (Å²) >= 11 is 0. The van der Waals surface area contributed by atoms with Crippen LogP contribution < -0.4 is 0 Å². The smallest absolute Gasteiger partial charge is 0.0948 e. The molecule has 1 aliphatic carbocycles. The molecule has 2 nitrogen and oxygen atoms in total. The van der Waals surface area contributed by atoms with E-state index in [-0.39, 0.29) is 0 Å². The molecule has 1 N–H and O–H groups in total. The van der Waals surface area contributed by atoms with Gasteiger partial charge in [-0.1, -0.05) is 24.3 Å². The normalized spacial score (nSPS) is 19.4. The van der Waals surface area contributed by atoms with E-state index in [9.17, 15) is 5.11 Å². The SMILES string of the molecule is COCC(O)(Cc1ccccc1C)C1CC1. The minimum absolute atomic E-state index is 0.423. The van der Waals surface area contributed by atoms with Crippen LogP contribution in [-0.2, 0) is 11.2 Å². The van der Waals surface area contributed by atoms with Crippen LogP contribution in [0.1, 0.15) is 24.0 Å². The van der Waals surface area contributed by atoms with Crippen LogP contribution in [0.25, 0.3) is 0 Å². The van der Waals surface area contributed by atoms with Crippen molar-refractivity contribution in [1.82, 2.24) is 0 Å². The summed E-state index contributed by atoms with van der Waals surface area (Å²) in [6.07, 6.45) is 2.97. The van der Waals surface area contributed by atoms with E-state index in [4.69, 9.17) is 4.74 Å². The van der Waals surface area contributed by atoms with Gasteiger partial charge in [-0.15, -0.1) is 0 Å². The summed E-state index contributed by atoms with van der Waals surface area (Å²) < 4.78 is 5.17. The molecule has 1 unspecified atom stereocenters. The van der Waals surface area contributed by atoms with Crippen molar-refractivity contribution in [2.45, 2.75) is 31.8 Å². The molecule has 1 atom stereocenters. The Labute approximate surface area is 97.3 Å². The van der Waals surface area contributed by atoms with E-state index < -0.39 is 5.60 Å². The number of rotatable bonds is 5. The number of methoxy groups -OCH3 is 1. The number of ether oxygens (including phenoxy) is 1. The van der Waals surface area contributed by atoms with Gasteiger partial charge in [0.25, 0.3) is 0 Å². The van der Waals surface area contributed by atoms with E-state index in [0.29, 0.717) is 18.9 Å². The molecule has 0 heterocycles. The minimum atomic E-state index is -0.666. The van der Waals surface area contributed by atoms with Crippen LogP contribution in [0.3, 0.4) is 0 Å². The lowest BCUT2D eigenvalue weighted by Gasteiger charge is -2.28. The Morgan fingerprint density at radius 3 is 2.62 bits per heavy atom. The van der Waals surface area contributed by atoms with Crippen LogP contribution >= 0.6 is 0 Å². The number of aliphatic hydroxyl groups is 1. The van der Waals surface area contributed by atoms with Crippen LogP contribution in [0.2, 0.25) is 0 Å². The zero-order valence-corrected chi connectivity index (χ0v) is 10.1. The van der Waals surface area contributed by atoms with Gasteiger partial charge in [-0.05, 0) is 36.8 Å². The molecule has 0 aliphatic heterocycles. The average Bonchev–Trinajstić information content (AvgIpc) is 3.05. The van der Waals surface area contributed by atoms with Gasteiger partial charge in [0.15, 0.2) is 0 Å². The van der Waals surface area contributed by atoms with E-state index in [0.717, 1.165) is 12.8 Å².